The van der Waals surface area contributed by atoms with Crippen LogP contribution in [0.15, 0.2) is 24.5 Å². The van der Waals surface area contributed by atoms with Crippen LogP contribution in [-0.4, -0.2) is 36.6 Å². The maximum atomic E-state index is 11.8. The predicted molar refractivity (Wildman–Crippen MR) is 92.3 cm³/mol. The molecule has 1 aromatic heterocycles. The average Bonchev–Trinajstić information content (AvgIpc) is 2.54. The van der Waals surface area contributed by atoms with Gasteiger partial charge in [0.25, 0.3) is 0 Å². The van der Waals surface area contributed by atoms with Crippen LogP contribution in [0.4, 0.5) is 5.69 Å². The highest BCUT2D eigenvalue weighted by atomic mass is 35.5. The Kier molecular flexibility index (Phi) is 8.20. The van der Waals surface area contributed by atoms with Crippen LogP contribution in [-0.2, 0) is 4.79 Å². The maximum absolute atomic E-state index is 11.8. The molecule has 0 saturated carbocycles. The van der Waals surface area contributed by atoms with Gasteiger partial charge < -0.3 is 16.0 Å². The molecular formula is C16H27ClN4O. The van der Waals surface area contributed by atoms with Gasteiger partial charge in [0.05, 0.1) is 6.04 Å². The molecule has 0 spiro atoms. The largest absolute Gasteiger partial charge is 0.371 e. The van der Waals surface area contributed by atoms with Gasteiger partial charge in [0.15, 0.2) is 0 Å². The fourth-order valence-corrected chi connectivity index (χ4v) is 2.77. The van der Waals surface area contributed by atoms with Gasteiger partial charge in [-0.25, -0.2) is 0 Å². The summed E-state index contributed by atoms with van der Waals surface area (Å²) in [6.45, 7) is 4.86. The normalized spacial score (nSPS) is 16.7. The number of nitrogens with one attached hydrogen (secondary N) is 1. The van der Waals surface area contributed by atoms with Gasteiger partial charge in [-0.05, 0) is 37.3 Å². The number of amides is 1. The molecule has 2 rings (SSSR count). The Morgan fingerprint density at radius 2 is 2.05 bits per heavy atom. The summed E-state index contributed by atoms with van der Waals surface area (Å²) in [5, 5.41) is 3.00. The third-order valence-electron chi connectivity index (χ3n) is 4.14. The van der Waals surface area contributed by atoms with E-state index in [1.807, 2.05) is 31.5 Å². The fourth-order valence-electron chi connectivity index (χ4n) is 2.77. The Bertz CT molecular complexity index is 435. The van der Waals surface area contributed by atoms with E-state index in [0.29, 0.717) is 5.92 Å². The summed E-state index contributed by atoms with van der Waals surface area (Å²) < 4.78 is 0. The van der Waals surface area contributed by atoms with Crippen LogP contribution in [0.25, 0.3) is 0 Å². The Hall–Kier alpha value is -1.33. The van der Waals surface area contributed by atoms with Crippen molar-refractivity contribution in [3.05, 3.63) is 24.5 Å². The molecule has 1 saturated heterocycles. The number of hydrogen-bond donors (Lipinski definition) is 2. The summed E-state index contributed by atoms with van der Waals surface area (Å²) in [5.41, 5.74) is 7.05. The Labute approximate surface area is 139 Å². The summed E-state index contributed by atoms with van der Waals surface area (Å²) in [6.07, 6.45) is 7.57. The summed E-state index contributed by atoms with van der Waals surface area (Å²) in [4.78, 5) is 18.2. The monoisotopic (exact) mass is 326 g/mol. The number of aromatic nitrogens is 1. The van der Waals surface area contributed by atoms with E-state index in [1.165, 1.54) is 5.69 Å². The third kappa shape index (κ3) is 5.46. The second kappa shape index (κ2) is 9.64. The molecule has 6 heteroatoms. The van der Waals surface area contributed by atoms with E-state index in [-0.39, 0.29) is 24.4 Å². The van der Waals surface area contributed by atoms with Crippen molar-refractivity contribution in [2.45, 2.75) is 38.6 Å². The smallest absolute Gasteiger partial charge is 0.236 e. The first-order chi connectivity index (χ1) is 10.2. The number of nitrogens with two attached hydrogens (primary N) is 1. The summed E-state index contributed by atoms with van der Waals surface area (Å²) >= 11 is 0. The fraction of sp³-hybridized carbons (Fsp3) is 0.625. The van der Waals surface area contributed by atoms with Crippen molar-refractivity contribution in [3.63, 3.8) is 0 Å². The molecule has 1 amide bonds. The van der Waals surface area contributed by atoms with E-state index >= 15 is 0 Å². The minimum absolute atomic E-state index is 0. The van der Waals surface area contributed by atoms with E-state index in [9.17, 15) is 4.79 Å². The van der Waals surface area contributed by atoms with Gasteiger partial charge >= 0.3 is 0 Å². The zero-order chi connectivity index (χ0) is 15.1. The van der Waals surface area contributed by atoms with Crippen molar-refractivity contribution in [1.29, 1.82) is 0 Å². The van der Waals surface area contributed by atoms with E-state index in [4.69, 9.17) is 5.73 Å². The van der Waals surface area contributed by atoms with E-state index < -0.39 is 0 Å². The van der Waals surface area contributed by atoms with E-state index in [2.05, 4.69) is 15.2 Å². The van der Waals surface area contributed by atoms with Crippen LogP contribution in [0.2, 0.25) is 0 Å². The lowest BCUT2D eigenvalue weighted by atomic mass is 9.96. The Morgan fingerprint density at radius 1 is 1.41 bits per heavy atom. The van der Waals surface area contributed by atoms with Crippen LogP contribution in [0.3, 0.4) is 0 Å². The van der Waals surface area contributed by atoms with Crippen molar-refractivity contribution in [2.75, 3.05) is 24.5 Å². The first kappa shape index (κ1) is 18.7. The number of anilines is 1. The molecule has 5 nitrogen and oxygen atoms in total. The number of carbonyl (C=O) groups excluding carboxylic acids is 1. The average molecular weight is 327 g/mol. The molecular weight excluding hydrogens is 300 g/mol. The number of halogens is 1. The molecule has 1 aliphatic rings. The summed E-state index contributed by atoms with van der Waals surface area (Å²) in [7, 11) is 0. The standard InChI is InChI=1S/C16H26N4O.ClH/c1-2-3-15(17)16(21)19-12-13-6-10-20(11-7-13)14-4-8-18-9-5-14;/h4-5,8-9,13,15H,2-3,6-7,10-12,17H2,1H3,(H,19,21);1H. The van der Waals surface area contributed by atoms with Crippen LogP contribution < -0.4 is 16.0 Å². The highest BCUT2D eigenvalue weighted by Crippen LogP contribution is 2.22. The lowest BCUT2D eigenvalue weighted by Gasteiger charge is -2.33. The van der Waals surface area contributed by atoms with Gasteiger partial charge in [-0.1, -0.05) is 13.3 Å². The number of hydrogen-bond acceptors (Lipinski definition) is 4. The number of rotatable bonds is 6. The lowest BCUT2D eigenvalue weighted by molar-refractivity contribution is -0.122. The molecule has 1 unspecified atom stereocenters. The van der Waals surface area contributed by atoms with Crippen molar-refractivity contribution < 1.29 is 4.79 Å². The van der Waals surface area contributed by atoms with Crippen molar-refractivity contribution in [3.8, 4) is 0 Å². The van der Waals surface area contributed by atoms with Crippen LogP contribution in [0, 0.1) is 5.92 Å². The minimum atomic E-state index is -0.355. The van der Waals surface area contributed by atoms with Gasteiger partial charge in [0.2, 0.25) is 5.91 Å². The molecule has 3 N–H and O–H groups in total. The highest BCUT2D eigenvalue weighted by Gasteiger charge is 2.21. The summed E-state index contributed by atoms with van der Waals surface area (Å²) in [6, 6.07) is 3.74. The van der Waals surface area contributed by atoms with Crippen LogP contribution in [0.5, 0.6) is 0 Å². The van der Waals surface area contributed by atoms with Gasteiger partial charge in [0.1, 0.15) is 0 Å². The molecule has 1 atom stereocenters. The second-order valence-electron chi connectivity index (χ2n) is 5.78. The molecule has 0 aromatic carbocycles. The third-order valence-corrected chi connectivity index (χ3v) is 4.14. The zero-order valence-corrected chi connectivity index (χ0v) is 14.0. The van der Waals surface area contributed by atoms with Crippen molar-refractivity contribution >= 4 is 24.0 Å². The quantitative estimate of drug-likeness (QED) is 0.838. The number of piperidine rings is 1. The van der Waals surface area contributed by atoms with Crippen LogP contribution in [0.1, 0.15) is 32.6 Å². The minimum Gasteiger partial charge on any atom is -0.371 e. The first-order valence-electron chi connectivity index (χ1n) is 7.89. The van der Waals surface area contributed by atoms with Gasteiger partial charge in [-0.15, -0.1) is 12.4 Å². The molecule has 1 aromatic rings. The predicted octanol–water partition coefficient (Wildman–Crippen LogP) is 1.96. The van der Waals surface area contributed by atoms with Crippen molar-refractivity contribution in [1.82, 2.24) is 10.3 Å². The SMILES string of the molecule is CCCC(N)C(=O)NCC1CCN(c2ccncc2)CC1.Cl. The number of pyridine rings is 1. The second-order valence-corrected chi connectivity index (χ2v) is 5.78. The number of carbonyl (C=O) groups is 1. The van der Waals surface area contributed by atoms with Crippen molar-refractivity contribution in [2.24, 2.45) is 11.7 Å². The topological polar surface area (TPSA) is 71.2 Å². The van der Waals surface area contributed by atoms with Gasteiger partial charge in [-0.3, -0.25) is 9.78 Å². The van der Waals surface area contributed by atoms with Gasteiger partial charge in [0, 0.05) is 37.7 Å². The zero-order valence-electron chi connectivity index (χ0n) is 13.2. The number of nitrogens with zero attached hydrogens (tertiary/aromatic N) is 2. The Morgan fingerprint density at radius 3 is 2.64 bits per heavy atom. The molecule has 0 radical (unpaired) electrons. The lowest BCUT2D eigenvalue weighted by Crippen LogP contribution is -2.44. The Balaban J connectivity index is 0.00000242. The van der Waals surface area contributed by atoms with Gasteiger partial charge in [-0.2, -0.15) is 0 Å². The maximum Gasteiger partial charge on any atom is 0.236 e. The van der Waals surface area contributed by atoms with Crippen LogP contribution >= 0.6 is 12.4 Å². The summed E-state index contributed by atoms with van der Waals surface area (Å²) in [5.74, 6) is 0.550. The van der Waals surface area contributed by atoms with E-state index in [1.54, 1.807) is 0 Å². The molecule has 0 aliphatic carbocycles. The molecule has 22 heavy (non-hydrogen) atoms. The molecule has 2 heterocycles. The highest BCUT2D eigenvalue weighted by molar-refractivity contribution is 5.85. The molecule has 1 aliphatic heterocycles. The molecule has 0 bridgehead atoms. The van der Waals surface area contributed by atoms with E-state index in [0.717, 1.165) is 45.3 Å². The molecule has 124 valence electrons. The molecule has 1 fully saturated rings. The first-order valence-corrected chi connectivity index (χ1v) is 7.89.